The highest BCUT2D eigenvalue weighted by Gasteiger charge is 2.79. The number of hydrogen-bond acceptors (Lipinski definition) is 6. The Morgan fingerprint density at radius 3 is 2.62 bits per heavy atom. The van der Waals surface area contributed by atoms with Crippen molar-refractivity contribution < 1.29 is 29.0 Å². The SMILES string of the molecule is C=CCOC(=O)[C@@H]1[C@H]2C(=O)N([C@@H](CC)CO)C(C(=O)N(CC=C)CCCCC)C23CC[C@@]1(C)O3. The molecule has 3 heterocycles. The lowest BCUT2D eigenvalue weighted by Gasteiger charge is -2.39. The molecule has 2 amide bonds. The van der Waals surface area contributed by atoms with Crippen LogP contribution in [0.1, 0.15) is 59.3 Å². The number of aliphatic hydroxyl groups is 1. The minimum Gasteiger partial charge on any atom is -0.461 e. The molecule has 3 aliphatic heterocycles. The average Bonchev–Trinajstić information content (AvgIpc) is 3.39. The van der Waals surface area contributed by atoms with E-state index in [9.17, 15) is 19.5 Å². The van der Waals surface area contributed by atoms with E-state index in [1.165, 1.54) is 11.0 Å². The van der Waals surface area contributed by atoms with Gasteiger partial charge in [-0.1, -0.05) is 45.4 Å². The first-order valence-corrected chi connectivity index (χ1v) is 12.6. The first-order chi connectivity index (χ1) is 16.3. The largest absolute Gasteiger partial charge is 0.461 e. The van der Waals surface area contributed by atoms with Gasteiger partial charge in [-0.3, -0.25) is 14.4 Å². The molecule has 3 saturated heterocycles. The first kappa shape index (κ1) is 26.4. The van der Waals surface area contributed by atoms with Crippen molar-refractivity contribution in [1.82, 2.24) is 9.80 Å². The van der Waals surface area contributed by atoms with Gasteiger partial charge in [0, 0.05) is 13.1 Å². The molecule has 0 aromatic carbocycles. The van der Waals surface area contributed by atoms with Gasteiger partial charge >= 0.3 is 5.97 Å². The van der Waals surface area contributed by atoms with Crippen LogP contribution in [0.5, 0.6) is 0 Å². The van der Waals surface area contributed by atoms with E-state index in [0.717, 1.165) is 19.3 Å². The maximum absolute atomic E-state index is 14.1. The van der Waals surface area contributed by atoms with Crippen molar-refractivity contribution >= 4 is 17.8 Å². The zero-order valence-electron chi connectivity index (χ0n) is 20.8. The molecular weight excluding hydrogens is 436 g/mol. The van der Waals surface area contributed by atoms with Crippen LogP contribution in [0.4, 0.5) is 0 Å². The summed E-state index contributed by atoms with van der Waals surface area (Å²) in [6.07, 6.45) is 7.56. The van der Waals surface area contributed by atoms with Gasteiger partial charge in [-0.2, -0.15) is 0 Å². The molecule has 6 atom stereocenters. The van der Waals surface area contributed by atoms with Gasteiger partial charge < -0.3 is 24.4 Å². The summed E-state index contributed by atoms with van der Waals surface area (Å²) in [7, 11) is 0. The average molecular weight is 477 g/mol. The van der Waals surface area contributed by atoms with Crippen molar-refractivity contribution in [1.29, 1.82) is 0 Å². The number of carbonyl (C=O) groups excluding carboxylic acids is 3. The fraction of sp³-hybridized carbons (Fsp3) is 0.731. The highest BCUT2D eigenvalue weighted by Crippen LogP contribution is 2.63. The molecule has 0 saturated carbocycles. The molecule has 0 aliphatic carbocycles. The third kappa shape index (κ3) is 4.19. The van der Waals surface area contributed by atoms with Crippen LogP contribution in [0, 0.1) is 11.8 Å². The van der Waals surface area contributed by atoms with E-state index < -0.39 is 41.1 Å². The topological polar surface area (TPSA) is 96.4 Å². The van der Waals surface area contributed by atoms with Crippen LogP contribution in [0.2, 0.25) is 0 Å². The molecule has 8 heteroatoms. The number of hydrogen-bond donors (Lipinski definition) is 1. The third-order valence-electron chi connectivity index (χ3n) is 7.81. The van der Waals surface area contributed by atoms with E-state index in [4.69, 9.17) is 9.47 Å². The number of fused-ring (bicyclic) bond motifs is 1. The molecule has 0 aromatic rings. The standard InChI is InChI=1S/C26H40N2O6/c1-6-10-11-15-27(14-7-2)23(31)21-26-13-12-25(5,34-26)20(24(32)33-16-8-3)19(26)22(30)28(21)18(9-4)17-29/h7-8,18-21,29H,2-3,6,9-17H2,1,4-5H3/t18-,19-,20-,21?,25+,26?/m0/s1. The summed E-state index contributed by atoms with van der Waals surface area (Å²) in [5.74, 6) is -2.64. The Morgan fingerprint density at radius 1 is 1.29 bits per heavy atom. The number of unbranched alkanes of at least 4 members (excludes halogenated alkanes) is 2. The maximum Gasteiger partial charge on any atom is 0.313 e. The van der Waals surface area contributed by atoms with Gasteiger partial charge in [0.2, 0.25) is 11.8 Å². The molecule has 8 nitrogen and oxygen atoms in total. The van der Waals surface area contributed by atoms with E-state index in [-0.39, 0.29) is 25.0 Å². The first-order valence-electron chi connectivity index (χ1n) is 12.6. The van der Waals surface area contributed by atoms with Gasteiger partial charge in [0.25, 0.3) is 0 Å². The summed E-state index contributed by atoms with van der Waals surface area (Å²) >= 11 is 0. The molecule has 0 aromatic heterocycles. The van der Waals surface area contributed by atoms with Crippen molar-refractivity contribution in [3.8, 4) is 0 Å². The molecule has 2 bridgehead atoms. The second kappa shape index (κ2) is 10.6. The molecular formula is C26H40N2O6. The van der Waals surface area contributed by atoms with Crippen LogP contribution >= 0.6 is 0 Å². The Morgan fingerprint density at radius 2 is 2.03 bits per heavy atom. The third-order valence-corrected chi connectivity index (χ3v) is 7.81. The Balaban J connectivity index is 2.05. The van der Waals surface area contributed by atoms with Gasteiger partial charge in [-0.15, -0.1) is 6.58 Å². The monoisotopic (exact) mass is 476 g/mol. The number of likely N-dealkylation sites (tertiary alicyclic amines) is 1. The normalized spacial score (nSPS) is 32.4. The molecule has 2 unspecified atom stereocenters. The number of rotatable bonds is 13. The fourth-order valence-corrected chi connectivity index (χ4v) is 6.21. The van der Waals surface area contributed by atoms with Crippen LogP contribution in [0.15, 0.2) is 25.3 Å². The number of ether oxygens (including phenoxy) is 2. The minimum atomic E-state index is -1.12. The number of aliphatic hydroxyl groups excluding tert-OH is 1. The number of carbonyl (C=O) groups is 3. The van der Waals surface area contributed by atoms with Gasteiger partial charge in [0.05, 0.1) is 24.2 Å². The van der Waals surface area contributed by atoms with Crippen molar-refractivity contribution in [2.75, 3.05) is 26.3 Å². The van der Waals surface area contributed by atoms with Crippen LogP contribution in [-0.4, -0.2) is 82.3 Å². The molecule has 1 N–H and O–H groups in total. The summed E-state index contributed by atoms with van der Waals surface area (Å²) < 4.78 is 11.9. The minimum absolute atomic E-state index is 0.0458. The molecule has 1 spiro atoms. The van der Waals surface area contributed by atoms with Crippen LogP contribution in [0.25, 0.3) is 0 Å². The summed E-state index contributed by atoms with van der Waals surface area (Å²) in [5.41, 5.74) is -2.00. The molecule has 34 heavy (non-hydrogen) atoms. The summed E-state index contributed by atoms with van der Waals surface area (Å²) in [6.45, 7) is 13.9. The summed E-state index contributed by atoms with van der Waals surface area (Å²) in [4.78, 5) is 44.4. The van der Waals surface area contributed by atoms with Gasteiger partial charge in [-0.25, -0.2) is 0 Å². The lowest BCUT2D eigenvalue weighted by Crippen LogP contribution is -2.58. The van der Waals surface area contributed by atoms with Crippen LogP contribution < -0.4 is 0 Å². The fourth-order valence-electron chi connectivity index (χ4n) is 6.21. The second-order valence-corrected chi connectivity index (χ2v) is 9.92. The van der Waals surface area contributed by atoms with Crippen molar-refractivity contribution in [3.63, 3.8) is 0 Å². The summed E-state index contributed by atoms with van der Waals surface area (Å²) in [6, 6.07) is -1.44. The van der Waals surface area contributed by atoms with Crippen molar-refractivity contribution in [3.05, 3.63) is 25.3 Å². The highest BCUT2D eigenvalue weighted by atomic mass is 16.6. The zero-order chi connectivity index (χ0) is 25.1. The lowest BCUT2D eigenvalue weighted by molar-refractivity contribution is -0.161. The Labute approximate surface area is 202 Å². The highest BCUT2D eigenvalue weighted by molar-refractivity contribution is 5.98. The number of amides is 2. The predicted molar refractivity (Wildman–Crippen MR) is 128 cm³/mol. The van der Waals surface area contributed by atoms with Crippen molar-refractivity contribution in [2.45, 2.75) is 82.6 Å². The van der Waals surface area contributed by atoms with E-state index in [2.05, 4.69) is 20.1 Å². The molecule has 3 rings (SSSR count). The maximum atomic E-state index is 14.1. The van der Waals surface area contributed by atoms with E-state index in [1.54, 1.807) is 11.0 Å². The molecule has 0 radical (unpaired) electrons. The molecule has 3 fully saturated rings. The van der Waals surface area contributed by atoms with Crippen molar-refractivity contribution in [2.24, 2.45) is 11.8 Å². The van der Waals surface area contributed by atoms with E-state index in [0.29, 0.717) is 32.4 Å². The smallest absolute Gasteiger partial charge is 0.313 e. The Bertz CT molecular complexity index is 811. The Hall–Kier alpha value is -2.19. The molecule has 190 valence electrons. The van der Waals surface area contributed by atoms with Gasteiger partial charge in [0.1, 0.15) is 24.2 Å². The number of nitrogens with zero attached hydrogens (tertiary/aromatic N) is 2. The van der Waals surface area contributed by atoms with Gasteiger partial charge in [-0.05, 0) is 32.6 Å². The lowest BCUT2D eigenvalue weighted by atomic mass is 9.66. The summed E-state index contributed by atoms with van der Waals surface area (Å²) in [5, 5.41) is 10.1. The van der Waals surface area contributed by atoms with E-state index in [1.807, 2.05) is 13.8 Å². The van der Waals surface area contributed by atoms with Crippen LogP contribution in [0.3, 0.4) is 0 Å². The Kier molecular flexibility index (Phi) is 8.24. The second-order valence-electron chi connectivity index (χ2n) is 9.92. The zero-order valence-corrected chi connectivity index (χ0v) is 20.8. The van der Waals surface area contributed by atoms with Crippen LogP contribution in [-0.2, 0) is 23.9 Å². The van der Waals surface area contributed by atoms with E-state index >= 15 is 0 Å². The molecule has 3 aliphatic rings. The quantitative estimate of drug-likeness (QED) is 0.249. The number of esters is 1. The predicted octanol–water partition coefficient (Wildman–Crippen LogP) is 2.46. The van der Waals surface area contributed by atoms with Gasteiger partial charge in [0.15, 0.2) is 0 Å².